The predicted molar refractivity (Wildman–Crippen MR) is 118 cm³/mol. The van der Waals surface area contributed by atoms with E-state index in [1.54, 1.807) is 12.1 Å². The Labute approximate surface area is 174 Å². The standard InChI is InChI=1S/C21H12BrFN2.C2H4O2/c22-17-11-12(9-10-18(17)23)21-24-19-15-7-3-1-5-13(15)14-6-2-4-8-16(14)20(19)25-21;1-2(3)4/h1-11H,(H,24,25);1H3,(H,3,4). The molecular weight excluding hydrogens is 435 g/mol. The van der Waals surface area contributed by atoms with Crippen LogP contribution in [0.4, 0.5) is 4.39 Å². The fraction of sp³-hybridized carbons (Fsp3) is 0.0435. The highest BCUT2D eigenvalue weighted by Gasteiger charge is 2.14. The fourth-order valence-electron chi connectivity index (χ4n) is 3.40. The zero-order chi connectivity index (χ0) is 20.5. The average Bonchev–Trinajstić information content (AvgIpc) is 3.16. The summed E-state index contributed by atoms with van der Waals surface area (Å²) in [7, 11) is 0. The number of benzene rings is 4. The monoisotopic (exact) mass is 450 g/mol. The molecule has 29 heavy (non-hydrogen) atoms. The number of hydrogen-bond acceptors (Lipinski definition) is 2. The van der Waals surface area contributed by atoms with Crippen molar-refractivity contribution in [2.45, 2.75) is 6.92 Å². The van der Waals surface area contributed by atoms with Gasteiger partial charge in [0.15, 0.2) is 0 Å². The number of carbonyl (C=O) groups is 1. The number of fused-ring (bicyclic) bond motifs is 6. The molecule has 5 rings (SSSR count). The highest BCUT2D eigenvalue weighted by atomic mass is 79.9. The number of H-pyrrole nitrogens is 1. The molecule has 2 N–H and O–H groups in total. The van der Waals surface area contributed by atoms with Crippen LogP contribution in [-0.2, 0) is 4.79 Å². The maximum atomic E-state index is 13.6. The van der Waals surface area contributed by atoms with Crippen molar-refractivity contribution in [2.24, 2.45) is 0 Å². The van der Waals surface area contributed by atoms with E-state index in [0.29, 0.717) is 4.47 Å². The normalized spacial score (nSPS) is 10.9. The summed E-state index contributed by atoms with van der Waals surface area (Å²) in [5.74, 6) is -0.382. The Kier molecular flexibility index (Phi) is 5.03. The highest BCUT2D eigenvalue weighted by molar-refractivity contribution is 9.10. The lowest BCUT2D eigenvalue weighted by Crippen LogP contribution is -1.83. The van der Waals surface area contributed by atoms with Gasteiger partial charge in [0.05, 0.1) is 15.5 Å². The van der Waals surface area contributed by atoms with Gasteiger partial charge in [-0.05, 0) is 44.9 Å². The van der Waals surface area contributed by atoms with Crippen LogP contribution in [0.15, 0.2) is 71.2 Å². The number of imidazole rings is 1. The van der Waals surface area contributed by atoms with Gasteiger partial charge in [-0.2, -0.15) is 0 Å². The summed E-state index contributed by atoms with van der Waals surface area (Å²) in [4.78, 5) is 17.3. The zero-order valence-electron chi connectivity index (χ0n) is 15.4. The van der Waals surface area contributed by atoms with Crippen molar-refractivity contribution < 1.29 is 14.3 Å². The summed E-state index contributed by atoms with van der Waals surface area (Å²) in [5.41, 5.74) is 2.78. The molecule has 0 aliphatic rings. The van der Waals surface area contributed by atoms with Gasteiger partial charge in [0, 0.05) is 23.3 Å². The van der Waals surface area contributed by atoms with E-state index < -0.39 is 5.97 Å². The molecule has 1 heterocycles. The van der Waals surface area contributed by atoms with Crippen molar-refractivity contribution in [3.05, 3.63) is 77.0 Å². The fourth-order valence-corrected chi connectivity index (χ4v) is 3.78. The van der Waals surface area contributed by atoms with Gasteiger partial charge >= 0.3 is 0 Å². The van der Waals surface area contributed by atoms with E-state index in [2.05, 4.69) is 51.2 Å². The number of carboxylic acid groups (broad SMARTS) is 1. The highest BCUT2D eigenvalue weighted by Crippen LogP contribution is 2.35. The van der Waals surface area contributed by atoms with Crippen molar-refractivity contribution in [1.82, 2.24) is 9.97 Å². The molecular formula is C23H16BrFN2O2. The van der Waals surface area contributed by atoms with Crippen molar-refractivity contribution >= 4 is 54.5 Å². The van der Waals surface area contributed by atoms with Crippen LogP contribution in [0.1, 0.15) is 6.92 Å². The van der Waals surface area contributed by atoms with Gasteiger partial charge in [0.25, 0.3) is 5.97 Å². The molecule has 144 valence electrons. The molecule has 0 saturated carbocycles. The zero-order valence-corrected chi connectivity index (χ0v) is 17.0. The average molecular weight is 451 g/mol. The first kappa shape index (κ1) is 19.1. The van der Waals surface area contributed by atoms with Gasteiger partial charge in [0.1, 0.15) is 11.6 Å². The quantitative estimate of drug-likeness (QED) is 0.285. The molecule has 6 heteroatoms. The second-order valence-electron chi connectivity index (χ2n) is 6.55. The third kappa shape index (κ3) is 3.59. The summed E-state index contributed by atoms with van der Waals surface area (Å²) < 4.78 is 14.0. The third-order valence-electron chi connectivity index (χ3n) is 4.57. The number of aromatic nitrogens is 2. The van der Waals surface area contributed by atoms with Crippen molar-refractivity contribution in [2.75, 3.05) is 0 Å². The molecule has 0 bridgehead atoms. The van der Waals surface area contributed by atoms with E-state index in [1.807, 2.05) is 18.2 Å². The molecule has 4 nitrogen and oxygen atoms in total. The molecule has 0 radical (unpaired) electrons. The molecule has 0 fully saturated rings. The van der Waals surface area contributed by atoms with Crippen molar-refractivity contribution in [3.8, 4) is 11.4 Å². The van der Waals surface area contributed by atoms with Crippen LogP contribution in [0.3, 0.4) is 0 Å². The summed E-state index contributed by atoms with van der Waals surface area (Å²) in [5, 5.41) is 12.0. The van der Waals surface area contributed by atoms with E-state index in [9.17, 15) is 4.39 Å². The molecule has 1 aromatic heterocycles. The Hall–Kier alpha value is -3.25. The second kappa shape index (κ2) is 7.64. The lowest BCUT2D eigenvalue weighted by Gasteiger charge is -2.05. The van der Waals surface area contributed by atoms with Crippen molar-refractivity contribution in [3.63, 3.8) is 0 Å². The number of aliphatic carboxylic acids is 1. The number of aromatic amines is 1. The maximum Gasteiger partial charge on any atom is 0.300 e. The van der Waals surface area contributed by atoms with Gasteiger partial charge in [-0.3, -0.25) is 4.79 Å². The molecule has 0 unspecified atom stereocenters. The lowest BCUT2D eigenvalue weighted by atomic mass is 10.0. The SMILES string of the molecule is CC(=O)O.Fc1ccc(-c2nc3c4ccccc4c4ccccc4c3[nH]2)cc1Br. The number of nitrogens with one attached hydrogen (secondary N) is 1. The molecule has 0 spiro atoms. The lowest BCUT2D eigenvalue weighted by molar-refractivity contribution is -0.134. The Balaban J connectivity index is 0.000000472. The Morgan fingerprint density at radius 3 is 2.14 bits per heavy atom. The molecule has 5 aromatic rings. The number of nitrogens with zero attached hydrogens (tertiary/aromatic N) is 1. The molecule has 0 aliphatic heterocycles. The van der Waals surface area contributed by atoms with Crippen LogP contribution in [0.25, 0.3) is 44.0 Å². The Morgan fingerprint density at radius 1 is 0.966 bits per heavy atom. The smallest absolute Gasteiger partial charge is 0.300 e. The van der Waals surface area contributed by atoms with E-state index in [-0.39, 0.29) is 5.82 Å². The molecule has 4 aromatic carbocycles. The van der Waals surface area contributed by atoms with E-state index in [1.165, 1.54) is 16.8 Å². The van der Waals surface area contributed by atoms with Gasteiger partial charge in [-0.1, -0.05) is 48.5 Å². The number of carboxylic acids is 1. The molecule has 0 atom stereocenters. The van der Waals surface area contributed by atoms with E-state index in [0.717, 1.165) is 40.1 Å². The largest absolute Gasteiger partial charge is 0.481 e. The summed E-state index contributed by atoms with van der Waals surface area (Å²) >= 11 is 3.25. The maximum absolute atomic E-state index is 13.6. The van der Waals surface area contributed by atoms with Gasteiger partial charge in [-0.25, -0.2) is 9.37 Å². The van der Waals surface area contributed by atoms with Gasteiger partial charge < -0.3 is 10.1 Å². The minimum atomic E-state index is -0.833. The van der Waals surface area contributed by atoms with E-state index in [4.69, 9.17) is 14.9 Å². The number of hydrogen-bond donors (Lipinski definition) is 2. The first-order valence-electron chi connectivity index (χ1n) is 8.90. The minimum Gasteiger partial charge on any atom is -0.481 e. The van der Waals surface area contributed by atoms with Crippen LogP contribution in [0.2, 0.25) is 0 Å². The summed E-state index contributed by atoms with van der Waals surface area (Å²) in [6.45, 7) is 1.08. The van der Waals surface area contributed by atoms with E-state index >= 15 is 0 Å². The summed E-state index contributed by atoms with van der Waals surface area (Å²) in [6, 6.07) is 21.5. The topological polar surface area (TPSA) is 66.0 Å². The minimum absolute atomic E-state index is 0.282. The van der Waals surface area contributed by atoms with Crippen LogP contribution in [0, 0.1) is 5.82 Å². The Morgan fingerprint density at radius 2 is 1.52 bits per heavy atom. The van der Waals surface area contributed by atoms with Gasteiger partial charge in [-0.15, -0.1) is 0 Å². The third-order valence-corrected chi connectivity index (χ3v) is 5.17. The van der Waals surface area contributed by atoms with Gasteiger partial charge in [0.2, 0.25) is 0 Å². The first-order valence-corrected chi connectivity index (χ1v) is 9.69. The summed E-state index contributed by atoms with van der Waals surface area (Å²) in [6.07, 6.45) is 0. The second-order valence-corrected chi connectivity index (χ2v) is 7.40. The van der Waals surface area contributed by atoms with Crippen LogP contribution in [0.5, 0.6) is 0 Å². The molecule has 0 amide bonds. The molecule has 0 aliphatic carbocycles. The predicted octanol–water partition coefficient (Wildman–Crippen LogP) is 6.53. The van der Waals surface area contributed by atoms with Crippen molar-refractivity contribution in [1.29, 1.82) is 0 Å². The molecule has 0 saturated heterocycles. The van der Waals surface area contributed by atoms with Crippen LogP contribution < -0.4 is 0 Å². The van der Waals surface area contributed by atoms with Crippen LogP contribution in [-0.4, -0.2) is 21.0 Å². The first-order chi connectivity index (χ1) is 14.0. The number of halogens is 2. The number of rotatable bonds is 1. The van der Waals surface area contributed by atoms with Crippen LogP contribution >= 0.6 is 15.9 Å². The Bertz CT molecular complexity index is 1300.